The summed E-state index contributed by atoms with van der Waals surface area (Å²) in [5, 5.41) is 12.4. The van der Waals surface area contributed by atoms with E-state index in [-0.39, 0.29) is 18.4 Å². The SMILES string of the molecule is C[C@H](NC(=O)CC1(C(=O)O)CCCCCC1)c1ccco1. The molecule has 1 atom stereocenters. The number of hydrogen-bond acceptors (Lipinski definition) is 3. The molecule has 1 aliphatic rings. The molecule has 2 N–H and O–H groups in total. The summed E-state index contributed by atoms with van der Waals surface area (Å²) in [7, 11) is 0. The molecule has 0 bridgehead atoms. The number of amides is 1. The second kappa shape index (κ2) is 6.78. The van der Waals surface area contributed by atoms with Crippen LogP contribution in [0.4, 0.5) is 0 Å². The maximum absolute atomic E-state index is 12.2. The molecule has 0 aromatic carbocycles. The third-order valence-corrected chi connectivity index (χ3v) is 4.36. The van der Waals surface area contributed by atoms with E-state index in [9.17, 15) is 14.7 Å². The van der Waals surface area contributed by atoms with Gasteiger partial charge in [-0.05, 0) is 31.9 Å². The topological polar surface area (TPSA) is 79.5 Å². The lowest BCUT2D eigenvalue weighted by Crippen LogP contribution is -2.38. The highest BCUT2D eigenvalue weighted by molar-refractivity contribution is 5.85. The van der Waals surface area contributed by atoms with Crippen LogP contribution in [0.1, 0.15) is 63.7 Å². The van der Waals surface area contributed by atoms with E-state index in [0.29, 0.717) is 18.6 Å². The van der Waals surface area contributed by atoms with Crippen LogP contribution in [0.15, 0.2) is 22.8 Å². The van der Waals surface area contributed by atoms with Crippen LogP contribution in [0.2, 0.25) is 0 Å². The summed E-state index contributed by atoms with van der Waals surface area (Å²) < 4.78 is 5.25. The molecule has 5 nitrogen and oxygen atoms in total. The van der Waals surface area contributed by atoms with Gasteiger partial charge >= 0.3 is 5.97 Å². The summed E-state index contributed by atoms with van der Waals surface area (Å²) >= 11 is 0. The van der Waals surface area contributed by atoms with E-state index in [4.69, 9.17) is 4.42 Å². The van der Waals surface area contributed by atoms with Crippen molar-refractivity contribution in [1.82, 2.24) is 5.32 Å². The van der Waals surface area contributed by atoms with Crippen LogP contribution in [-0.2, 0) is 9.59 Å². The third-order valence-electron chi connectivity index (χ3n) is 4.36. The van der Waals surface area contributed by atoms with Crippen molar-refractivity contribution in [2.75, 3.05) is 0 Å². The molecule has 1 aromatic heterocycles. The van der Waals surface area contributed by atoms with Crippen LogP contribution in [0.3, 0.4) is 0 Å². The molecule has 21 heavy (non-hydrogen) atoms. The van der Waals surface area contributed by atoms with Gasteiger partial charge < -0.3 is 14.8 Å². The van der Waals surface area contributed by atoms with Crippen molar-refractivity contribution >= 4 is 11.9 Å². The Morgan fingerprint density at radius 1 is 1.33 bits per heavy atom. The molecule has 2 rings (SSSR count). The van der Waals surface area contributed by atoms with Gasteiger partial charge in [0.15, 0.2) is 0 Å². The first-order valence-corrected chi connectivity index (χ1v) is 7.60. The molecule has 1 heterocycles. The molecule has 0 spiro atoms. The largest absolute Gasteiger partial charge is 0.481 e. The molecule has 0 saturated heterocycles. The van der Waals surface area contributed by atoms with E-state index >= 15 is 0 Å². The summed E-state index contributed by atoms with van der Waals surface area (Å²) in [6.07, 6.45) is 6.66. The molecular formula is C16H23NO4. The monoisotopic (exact) mass is 293 g/mol. The Balaban J connectivity index is 1.99. The predicted molar refractivity (Wildman–Crippen MR) is 77.7 cm³/mol. The van der Waals surface area contributed by atoms with Gasteiger partial charge in [-0.25, -0.2) is 0 Å². The number of rotatable bonds is 5. The second-order valence-corrected chi connectivity index (χ2v) is 5.98. The number of carbonyl (C=O) groups excluding carboxylic acids is 1. The van der Waals surface area contributed by atoms with E-state index in [1.165, 1.54) is 0 Å². The van der Waals surface area contributed by atoms with E-state index in [1.807, 2.05) is 6.92 Å². The Morgan fingerprint density at radius 2 is 2.00 bits per heavy atom. The second-order valence-electron chi connectivity index (χ2n) is 5.98. The first-order valence-electron chi connectivity index (χ1n) is 7.60. The Hall–Kier alpha value is -1.78. The van der Waals surface area contributed by atoms with Gasteiger partial charge in [0, 0.05) is 6.42 Å². The zero-order valence-electron chi connectivity index (χ0n) is 12.4. The summed E-state index contributed by atoms with van der Waals surface area (Å²) in [4.78, 5) is 23.9. The predicted octanol–water partition coefficient (Wildman–Crippen LogP) is 3.27. The van der Waals surface area contributed by atoms with Crippen molar-refractivity contribution in [2.24, 2.45) is 5.41 Å². The first kappa shape index (κ1) is 15.6. The van der Waals surface area contributed by atoms with Gasteiger partial charge in [-0.2, -0.15) is 0 Å². The minimum Gasteiger partial charge on any atom is -0.481 e. The minimum atomic E-state index is -0.899. The van der Waals surface area contributed by atoms with Gasteiger partial charge in [-0.3, -0.25) is 9.59 Å². The van der Waals surface area contributed by atoms with E-state index in [0.717, 1.165) is 25.7 Å². The van der Waals surface area contributed by atoms with E-state index < -0.39 is 11.4 Å². The fourth-order valence-corrected chi connectivity index (χ4v) is 3.08. The lowest BCUT2D eigenvalue weighted by molar-refractivity contribution is -0.153. The summed E-state index contributed by atoms with van der Waals surface area (Å²) in [6.45, 7) is 1.83. The van der Waals surface area contributed by atoms with Crippen molar-refractivity contribution < 1.29 is 19.1 Å². The van der Waals surface area contributed by atoms with Gasteiger partial charge in [0.2, 0.25) is 5.91 Å². The highest BCUT2D eigenvalue weighted by atomic mass is 16.4. The van der Waals surface area contributed by atoms with Crippen molar-refractivity contribution in [3.8, 4) is 0 Å². The molecule has 1 aromatic rings. The van der Waals surface area contributed by atoms with Gasteiger partial charge in [-0.1, -0.05) is 25.7 Å². The van der Waals surface area contributed by atoms with Crippen molar-refractivity contribution in [2.45, 2.75) is 57.9 Å². The zero-order chi connectivity index (χ0) is 15.3. The maximum Gasteiger partial charge on any atom is 0.310 e. The van der Waals surface area contributed by atoms with Crippen LogP contribution in [0.5, 0.6) is 0 Å². The van der Waals surface area contributed by atoms with Crippen molar-refractivity contribution in [3.63, 3.8) is 0 Å². The Kier molecular flexibility index (Phi) is 5.04. The molecule has 1 aliphatic carbocycles. The third kappa shape index (κ3) is 3.86. The molecule has 1 saturated carbocycles. The average molecular weight is 293 g/mol. The maximum atomic E-state index is 12.2. The number of hydrogen-bond donors (Lipinski definition) is 2. The number of carbonyl (C=O) groups is 2. The standard InChI is InChI=1S/C16H23NO4/c1-12(13-7-6-10-21-13)17-14(18)11-16(15(19)20)8-4-2-3-5-9-16/h6-7,10,12H,2-5,8-9,11H2,1H3,(H,17,18)(H,19,20)/t12-/m0/s1. The minimum absolute atomic E-state index is 0.0490. The van der Waals surface area contributed by atoms with Crippen LogP contribution < -0.4 is 5.32 Å². The highest BCUT2D eigenvalue weighted by Crippen LogP contribution is 2.38. The molecule has 116 valence electrons. The number of carboxylic acid groups (broad SMARTS) is 1. The first-order chi connectivity index (χ1) is 10.0. The van der Waals surface area contributed by atoms with Crippen molar-refractivity contribution in [1.29, 1.82) is 0 Å². The number of furan rings is 1. The smallest absolute Gasteiger partial charge is 0.310 e. The Labute approximate surface area is 124 Å². The van der Waals surface area contributed by atoms with Crippen LogP contribution in [0, 0.1) is 5.41 Å². The zero-order valence-corrected chi connectivity index (χ0v) is 12.4. The van der Waals surface area contributed by atoms with E-state index in [1.54, 1.807) is 18.4 Å². The molecule has 1 amide bonds. The van der Waals surface area contributed by atoms with Crippen LogP contribution in [0.25, 0.3) is 0 Å². The lowest BCUT2D eigenvalue weighted by Gasteiger charge is -2.27. The van der Waals surface area contributed by atoms with Gasteiger partial charge in [-0.15, -0.1) is 0 Å². The molecule has 1 fully saturated rings. The van der Waals surface area contributed by atoms with Crippen LogP contribution >= 0.6 is 0 Å². The Morgan fingerprint density at radius 3 is 2.52 bits per heavy atom. The van der Waals surface area contributed by atoms with Crippen molar-refractivity contribution in [3.05, 3.63) is 24.2 Å². The molecule has 0 radical (unpaired) electrons. The molecule has 5 heteroatoms. The highest BCUT2D eigenvalue weighted by Gasteiger charge is 2.40. The fourth-order valence-electron chi connectivity index (χ4n) is 3.08. The molecule has 0 unspecified atom stereocenters. The summed E-state index contributed by atoms with van der Waals surface area (Å²) in [6, 6.07) is 3.31. The number of nitrogens with one attached hydrogen (secondary N) is 1. The summed E-state index contributed by atoms with van der Waals surface area (Å²) in [5.74, 6) is -0.387. The molecular weight excluding hydrogens is 270 g/mol. The molecule has 0 aliphatic heterocycles. The lowest BCUT2D eigenvalue weighted by atomic mass is 9.77. The van der Waals surface area contributed by atoms with Gasteiger partial charge in [0.25, 0.3) is 0 Å². The summed E-state index contributed by atoms with van der Waals surface area (Å²) in [5.41, 5.74) is -0.899. The average Bonchev–Trinajstić information content (AvgIpc) is 2.86. The number of aliphatic carboxylic acids is 1. The normalized spacial score (nSPS) is 19.5. The fraction of sp³-hybridized carbons (Fsp3) is 0.625. The van der Waals surface area contributed by atoms with Gasteiger partial charge in [0.05, 0.1) is 17.7 Å². The number of carboxylic acids is 1. The van der Waals surface area contributed by atoms with Crippen LogP contribution in [-0.4, -0.2) is 17.0 Å². The quantitative estimate of drug-likeness (QED) is 0.816. The Bertz CT molecular complexity index is 472. The van der Waals surface area contributed by atoms with E-state index in [2.05, 4.69) is 5.32 Å². The van der Waals surface area contributed by atoms with Gasteiger partial charge in [0.1, 0.15) is 5.76 Å².